The van der Waals surface area contributed by atoms with E-state index in [2.05, 4.69) is 26.6 Å². The van der Waals surface area contributed by atoms with E-state index in [0.717, 1.165) is 37.0 Å². The molecule has 10 nitrogen and oxygen atoms in total. The van der Waals surface area contributed by atoms with E-state index in [0.29, 0.717) is 54.1 Å². The molecule has 1 fully saturated rings. The van der Waals surface area contributed by atoms with Crippen LogP contribution >= 0.6 is 0 Å². The molecule has 1 amide bonds. The fourth-order valence-corrected chi connectivity index (χ4v) is 5.28. The Hall–Kier alpha value is -3.94. The summed E-state index contributed by atoms with van der Waals surface area (Å²) in [4.78, 5) is 31.3. The maximum Gasteiger partial charge on any atom is 0.263 e. The van der Waals surface area contributed by atoms with E-state index in [1.54, 1.807) is 18.2 Å². The fourth-order valence-electron chi connectivity index (χ4n) is 5.28. The minimum Gasteiger partial charge on any atom is -0.488 e. The minimum absolute atomic E-state index is 0.0228. The SMILES string of the molecule is N#Cc1ccc2ccc(=O)n3c2c1OC[C@@H]3CN1CCC(NCc2ccc3c(n2)NC(=O)CO3)CC1. The highest BCUT2D eigenvalue weighted by molar-refractivity contribution is 5.94. The topological polar surface area (TPSA) is 122 Å². The van der Waals surface area contributed by atoms with Gasteiger partial charge in [-0.3, -0.25) is 14.2 Å². The summed E-state index contributed by atoms with van der Waals surface area (Å²) < 4.78 is 13.2. The van der Waals surface area contributed by atoms with E-state index in [-0.39, 0.29) is 24.1 Å². The van der Waals surface area contributed by atoms with Gasteiger partial charge in [-0.1, -0.05) is 6.07 Å². The van der Waals surface area contributed by atoms with Gasteiger partial charge in [0.2, 0.25) is 0 Å². The number of piperidine rings is 1. The fraction of sp³-hybridized carbons (Fsp3) is 0.385. The average Bonchev–Trinajstić information content (AvgIpc) is 2.90. The number of likely N-dealkylation sites (tertiary alicyclic amines) is 1. The highest BCUT2D eigenvalue weighted by atomic mass is 16.5. The Morgan fingerprint density at radius 1 is 1.11 bits per heavy atom. The summed E-state index contributed by atoms with van der Waals surface area (Å²) in [5.74, 6) is 1.39. The molecular formula is C26H26N6O4. The van der Waals surface area contributed by atoms with Crippen LogP contribution < -0.4 is 25.7 Å². The molecule has 0 spiro atoms. The Labute approximate surface area is 207 Å². The van der Waals surface area contributed by atoms with Crippen LogP contribution in [0.5, 0.6) is 11.5 Å². The van der Waals surface area contributed by atoms with Crippen molar-refractivity contribution in [3.8, 4) is 17.6 Å². The van der Waals surface area contributed by atoms with Crippen LogP contribution in [0.4, 0.5) is 5.82 Å². The second kappa shape index (κ2) is 9.26. The molecule has 1 aromatic carbocycles. The molecule has 3 aliphatic heterocycles. The summed E-state index contributed by atoms with van der Waals surface area (Å²) in [6, 6.07) is 13.2. The van der Waals surface area contributed by atoms with E-state index in [1.807, 2.05) is 22.8 Å². The van der Waals surface area contributed by atoms with Crippen LogP contribution in [-0.2, 0) is 11.3 Å². The van der Waals surface area contributed by atoms with Gasteiger partial charge >= 0.3 is 0 Å². The molecule has 1 atom stereocenters. The third-order valence-electron chi connectivity index (χ3n) is 7.11. The molecule has 1 saturated heterocycles. The zero-order valence-electron chi connectivity index (χ0n) is 19.7. The Morgan fingerprint density at radius 3 is 2.78 bits per heavy atom. The molecule has 5 heterocycles. The van der Waals surface area contributed by atoms with Crippen molar-refractivity contribution in [1.82, 2.24) is 19.8 Å². The number of ether oxygens (including phenoxy) is 2. The Kier molecular flexibility index (Phi) is 5.79. The van der Waals surface area contributed by atoms with E-state index in [1.165, 1.54) is 0 Å². The largest absolute Gasteiger partial charge is 0.488 e. The van der Waals surface area contributed by atoms with Crippen molar-refractivity contribution in [2.24, 2.45) is 0 Å². The maximum atomic E-state index is 12.8. The Balaban J connectivity index is 1.08. The number of rotatable bonds is 5. The second-order valence-electron chi connectivity index (χ2n) is 9.44. The van der Waals surface area contributed by atoms with Crippen LogP contribution in [0, 0.1) is 11.3 Å². The number of benzene rings is 1. The van der Waals surface area contributed by atoms with Crippen molar-refractivity contribution < 1.29 is 14.3 Å². The normalized spacial score (nSPS) is 19.6. The molecule has 184 valence electrons. The van der Waals surface area contributed by atoms with Crippen molar-refractivity contribution >= 4 is 22.6 Å². The lowest BCUT2D eigenvalue weighted by Gasteiger charge is -2.36. The number of amides is 1. The van der Waals surface area contributed by atoms with Gasteiger partial charge in [-0.05, 0) is 50.2 Å². The Bertz CT molecular complexity index is 1440. The van der Waals surface area contributed by atoms with Crippen LogP contribution in [0.1, 0.15) is 30.1 Å². The monoisotopic (exact) mass is 486 g/mol. The zero-order valence-corrected chi connectivity index (χ0v) is 19.7. The molecule has 36 heavy (non-hydrogen) atoms. The van der Waals surface area contributed by atoms with Gasteiger partial charge in [0, 0.05) is 30.6 Å². The van der Waals surface area contributed by atoms with E-state index >= 15 is 0 Å². The first-order chi connectivity index (χ1) is 17.6. The van der Waals surface area contributed by atoms with E-state index in [4.69, 9.17) is 9.47 Å². The predicted octanol–water partition coefficient (Wildman–Crippen LogP) is 1.79. The third kappa shape index (κ3) is 4.17. The number of hydrogen-bond acceptors (Lipinski definition) is 8. The maximum absolute atomic E-state index is 12.8. The first-order valence-corrected chi connectivity index (χ1v) is 12.2. The summed E-state index contributed by atoms with van der Waals surface area (Å²) in [6.45, 7) is 3.53. The average molecular weight is 487 g/mol. The predicted molar refractivity (Wildman–Crippen MR) is 132 cm³/mol. The quantitative estimate of drug-likeness (QED) is 0.560. The second-order valence-corrected chi connectivity index (χ2v) is 9.44. The molecular weight excluding hydrogens is 460 g/mol. The summed E-state index contributed by atoms with van der Waals surface area (Å²) >= 11 is 0. The molecule has 0 unspecified atom stereocenters. The van der Waals surface area contributed by atoms with E-state index < -0.39 is 0 Å². The molecule has 6 rings (SSSR count). The Morgan fingerprint density at radius 2 is 1.94 bits per heavy atom. The number of hydrogen-bond donors (Lipinski definition) is 2. The first-order valence-electron chi connectivity index (χ1n) is 12.2. The molecule has 0 radical (unpaired) electrons. The van der Waals surface area contributed by atoms with Gasteiger partial charge < -0.3 is 25.0 Å². The minimum atomic E-state index is -0.191. The van der Waals surface area contributed by atoms with Crippen molar-refractivity contribution in [1.29, 1.82) is 5.26 Å². The van der Waals surface area contributed by atoms with Crippen LogP contribution in [0.25, 0.3) is 10.9 Å². The summed E-state index contributed by atoms with van der Waals surface area (Å²) in [7, 11) is 0. The molecule has 0 bridgehead atoms. The number of pyridine rings is 2. The third-order valence-corrected chi connectivity index (χ3v) is 7.11. The molecule has 2 N–H and O–H groups in total. The molecule has 3 aromatic rings. The molecule has 10 heteroatoms. The number of carbonyl (C=O) groups excluding carboxylic acids is 1. The lowest BCUT2D eigenvalue weighted by atomic mass is 10.0. The van der Waals surface area contributed by atoms with E-state index in [9.17, 15) is 14.9 Å². The lowest BCUT2D eigenvalue weighted by Crippen LogP contribution is -2.46. The number of nitrogens with zero attached hydrogens (tertiary/aromatic N) is 4. The highest BCUT2D eigenvalue weighted by Gasteiger charge is 2.29. The number of fused-ring (bicyclic) bond motifs is 1. The molecule has 3 aliphatic rings. The van der Waals surface area contributed by atoms with Gasteiger partial charge in [0.1, 0.15) is 12.7 Å². The molecule has 2 aromatic heterocycles. The van der Waals surface area contributed by atoms with Gasteiger partial charge in [0.15, 0.2) is 23.9 Å². The van der Waals surface area contributed by atoms with Gasteiger partial charge in [-0.15, -0.1) is 0 Å². The molecule has 0 aliphatic carbocycles. The van der Waals surface area contributed by atoms with Crippen LogP contribution in [0.15, 0.2) is 41.2 Å². The smallest absolute Gasteiger partial charge is 0.263 e. The highest BCUT2D eigenvalue weighted by Crippen LogP contribution is 2.34. The number of carbonyl (C=O) groups is 1. The van der Waals surface area contributed by atoms with Crippen molar-refractivity contribution in [3.05, 3.63) is 58.0 Å². The first kappa shape index (κ1) is 22.5. The van der Waals surface area contributed by atoms with Crippen molar-refractivity contribution in [3.63, 3.8) is 0 Å². The number of nitrogens with one attached hydrogen (secondary N) is 2. The standard InChI is InChI=1S/C26H26N6O4/c27-11-17-2-1-16-3-6-23(34)32-20(14-36-25(17)24(16)32)13-31-9-7-18(8-10-31)28-12-19-4-5-21-26(29-19)30-22(33)15-35-21/h1-6,18,20,28H,7-10,12-15H2,(H,29,30,33)/t20-/m0/s1. The number of aromatic nitrogens is 2. The van der Waals surface area contributed by atoms with Gasteiger partial charge in [-0.25, -0.2) is 4.98 Å². The van der Waals surface area contributed by atoms with Crippen LogP contribution in [-0.4, -0.2) is 59.2 Å². The zero-order chi connectivity index (χ0) is 24.6. The van der Waals surface area contributed by atoms with Crippen molar-refractivity contribution in [2.75, 3.05) is 38.2 Å². The number of anilines is 1. The van der Waals surface area contributed by atoms with Crippen molar-refractivity contribution in [2.45, 2.75) is 31.5 Å². The van der Waals surface area contributed by atoms with Crippen LogP contribution in [0.2, 0.25) is 0 Å². The summed E-state index contributed by atoms with van der Waals surface area (Å²) in [5, 5.41) is 16.7. The summed E-state index contributed by atoms with van der Waals surface area (Å²) in [5.41, 5.74) is 1.95. The summed E-state index contributed by atoms with van der Waals surface area (Å²) in [6.07, 6.45) is 1.96. The van der Waals surface area contributed by atoms with Gasteiger partial charge in [0.25, 0.3) is 11.5 Å². The number of nitriles is 1. The lowest BCUT2D eigenvalue weighted by molar-refractivity contribution is -0.118. The molecule has 0 saturated carbocycles. The van der Waals surface area contributed by atoms with Crippen LogP contribution in [0.3, 0.4) is 0 Å². The van der Waals surface area contributed by atoms with Gasteiger partial charge in [0.05, 0.1) is 22.8 Å². The van der Waals surface area contributed by atoms with Gasteiger partial charge in [-0.2, -0.15) is 5.26 Å².